The summed E-state index contributed by atoms with van der Waals surface area (Å²) in [6.07, 6.45) is -0.160. The molecule has 6 nitrogen and oxygen atoms in total. The number of fused-ring (bicyclic) bond motifs is 1. The first-order valence-electron chi connectivity index (χ1n) is 7.07. The van der Waals surface area contributed by atoms with Gasteiger partial charge in [-0.3, -0.25) is 9.59 Å². The minimum Gasteiger partial charge on any atom is -0.378 e. The highest BCUT2D eigenvalue weighted by Crippen LogP contribution is 2.37. The smallest absolute Gasteiger partial charge is 0.260 e. The van der Waals surface area contributed by atoms with Crippen molar-refractivity contribution in [1.82, 2.24) is 4.90 Å². The standard InChI is InChI=1S/C15H19N3O3/c1-16-6-3-7-18(9-13(16)19)10-4-5-11-12(8-10)17(2)15(21)14(11)20/h4-5,8,14,20H,3,6-7,9H2,1-2H3. The van der Waals surface area contributed by atoms with E-state index in [1.54, 1.807) is 18.0 Å². The van der Waals surface area contributed by atoms with Crippen molar-refractivity contribution in [2.45, 2.75) is 12.5 Å². The Morgan fingerprint density at radius 2 is 1.95 bits per heavy atom. The molecule has 2 aliphatic rings. The molecule has 1 N–H and O–H groups in total. The number of aliphatic hydroxyl groups excluding tert-OH is 1. The monoisotopic (exact) mass is 289 g/mol. The van der Waals surface area contributed by atoms with E-state index < -0.39 is 6.10 Å². The van der Waals surface area contributed by atoms with Gasteiger partial charge in [0.1, 0.15) is 0 Å². The van der Waals surface area contributed by atoms with E-state index in [1.165, 1.54) is 4.90 Å². The molecule has 1 aromatic rings. The Labute approximate surface area is 123 Å². The summed E-state index contributed by atoms with van der Waals surface area (Å²) in [6, 6.07) is 5.52. The molecule has 0 bridgehead atoms. The van der Waals surface area contributed by atoms with E-state index in [0.717, 1.165) is 30.9 Å². The molecule has 6 heteroatoms. The van der Waals surface area contributed by atoms with Crippen LogP contribution < -0.4 is 9.80 Å². The zero-order chi connectivity index (χ0) is 15.1. The van der Waals surface area contributed by atoms with Crippen LogP contribution in [0.3, 0.4) is 0 Å². The minimum absolute atomic E-state index is 0.0949. The van der Waals surface area contributed by atoms with Gasteiger partial charge in [0.2, 0.25) is 5.91 Å². The van der Waals surface area contributed by atoms with Gasteiger partial charge in [-0.15, -0.1) is 0 Å². The maximum Gasteiger partial charge on any atom is 0.260 e. The predicted octanol–water partition coefficient (Wildman–Crippen LogP) is 0.365. The Bertz CT molecular complexity index is 602. The second-order valence-corrected chi connectivity index (χ2v) is 5.63. The van der Waals surface area contributed by atoms with Crippen LogP contribution in [0.15, 0.2) is 18.2 Å². The number of amides is 2. The first kappa shape index (κ1) is 13.9. The number of benzene rings is 1. The van der Waals surface area contributed by atoms with E-state index in [-0.39, 0.29) is 11.8 Å². The molecule has 0 aliphatic carbocycles. The topological polar surface area (TPSA) is 64.1 Å². The molecule has 0 saturated carbocycles. The fourth-order valence-corrected chi connectivity index (χ4v) is 2.89. The van der Waals surface area contributed by atoms with Crippen molar-refractivity contribution < 1.29 is 14.7 Å². The SMILES string of the molecule is CN1CCCN(c2ccc3c(c2)N(C)C(=O)C3O)CC1=O. The number of carbonyl (C=O) groups is 2. The normalized spacial score (nSPS) is 22.6. The quantitative estimate of drug-likeness (QED) is 0.811. The zero-order valence-electron chi connectivity index (χ0n) is 12.2. The van der Waals surface area contributed by atoms with Crippen molar-refractivity contribution in [2.24, 2.45) is 0 Å². The molecule has 21 heavy (non-hydrogen) atoms. The van der Waals surface area contributed by atoms with Crippen molar-refractivity contribution in [3.05, 3.63) is 23.8 Å². The highest BCUT2D eigenvalue weighted by molar-refractivity contribution is 6.04. The van der Waals surface area contributed by atoms with Crippen LogP contribution in [0, 0.1) is 0 Å². The summed E-state index contributed by atoms with van der Waals surface area (Å²) in [6.45, 7) is 1.90. The Morgan fingerprint density at radius 3 is 2.71 bits per heavy atom. The van der Waals surface area contributed by atoms with Gasteiger partial charge in [-0.2, -0.15) is 0 Å². The highest BCUT2D eigenvalue weighted by atomic mass is 16.3. The lowest BCUT2D eigenvalue weighted by atomic mass is 10.1. The molecule has 3 rings (SSSR count). The van der Waals surface area contributed by atoms with E-state index in [1.807, 2.05) is 24.1 Å². The van der Waals surface area contributed by atoms with Crippen molar-refractivity contribution in [2.75, 3.05) is 43.5 Å². The average Bonchev–Trinajstić information content (AvgIpc) is 2.62. The molecular weight excluding hydrogens is 270 g/mol. The van der Waals surface area contributed by atoms with Gasteiger partial charge in [-0.05, 0) is 18.6 Å². The highest BCUT2D eigenvalue weighted by Gasteiger charge is 2.34. The van der Waals surface area contributed by atoms with Crippen LogP contribution in [0.1, 0.15) is 18.1 Å². The Hall–Kier alpha value is -2.08. The van der Waals surface area contributed by atoms with Crippen molar-refractivity contribution in [3.8, 4) is 0 Å². The third-order valence-electron chi connectivity index (χ3n) is 4.27. The lowest BCUT2D eigenvalue weighted by Gasteiger charge is -2.23. The second kappa shape index (κ2) is 5.04. The van der Waals surface area contributed by atoms with Crippen molar-refractivity contribution in [3.63, 3.8) is 0 Å². The summed E-state index contributed by atoms with van der Waals surface area (Å²) < 4.78 is 0. The number of anilines is 2. The van der Waals surface area contributed by atoms with Gasteiger partial charge in [0.05, 0.1) is 12.2 Å². The number of aliphatic hydroxyl groups is 1. The zero-order valence-corrected chi connectivity index (χ0v) is 12.2. The first-order valence-corrected chi connectivity index (χ1v) is 7.07. The molecule has 0 radical (unpaired) electrons. The third kappa shape index (κ3) is 2.25. The third-order valence-corrected chi connectivity index (χ3v) is 4.27. The predicted molar refractivity (Wildman–Crippen MR) is 79.3 cm³/mol. The number of hydrogen-bond acceptors (Lipinski definition) is 4. The van der Waals surface area contributed by atoms with E-state index in [9.17, 15) is 14.7 Å². The molecule has 112 valence electrons. The molecule has 0 aromatic heterocycles. The fourth-order valence-electron chi connectivity index (χ4n) is 2.89. The molecule has 1 fully saturated rings. The van der Waals surface area contributed by atoms with Crippen LogP contribution >= 0.6 is 0 Å². The maximum atomic E-state index is 12.0. The first-order chi connectivity index (χ1) is 9.99. The summed E-state index contributed by atoms with van der Waals surface area (Å²) in [5, 5.41) is 9.88. The van der Waals surface area contributed by atoms with E-state index in [2.05, 4.69) is 0 Å². The van der Waals surface area contributed by atoms with Gasteiger partial charge < -0.3 is 19.8 Å². The van der Waals surface area contributed by atoms with Crippen molar-refractivity contribution >= 4 is 23.2 Å². The molecule has 1 saturated heterocycles. The average molecular weight is 289 g/mol. The van der Waals surface area contributed by atoms with Crippen LogP contribution in [0.2, 0.25) is 0 Å². The van der Waals surface area contributed by atoms with Crippen molar-refractivity contribution in [1.29, 1.82) is 0 Å². The Morgan fingerprint density at radius 1 is 1.19 bits per heavy atom. The van der Waals surface area contributed by atoms with E-state index in [4.69, 9.17) is 0 Å². The van der Waals surface area contributed by atoms with Gasteiger partial charge in [0, 0.05) is 38.4 Å². The summed E-state index contributed by atoms with van der Waals surface area (Å²) in [4.78, 5) is 29.0. The van der Waals surface area contributed by atoms with Gasteiger partial charge in [-0.25, -0.2) is 0 Å². The Balaban J connectivity index is 1.91. The van der Waals surface area contributed by atoms with Gasteiger partial charge in [0.25, 0.3) is 5.91 Å². The number of likely N-dealkylation sites (N-methyl/N-ethyl adjacent to an activating group) is 2. The number of rotatable bonds is 1. The van der Waals surface area contributed by atoms with Crippen LogP contribution in [-0.2, 0) is 9.59 Å². The Kier molecular flexibility index (Phi) is 3.33. The van der Waals surface area contributed by atoms with Gasteiger partial charge in [0.15, 0.2) is 6.10 Å². The lowest BCUT2D eigenvalue weighted by molar-refractivity contribution is -0.128. The maximum absolute atomic E-state index is 12.0. The molecule has 1 unspecified atom stereocenters. The summed E-state index contributed by atoms with van der Waals surface area (Å²) in [5.41, 5.74) is 2.26. The molecule has 1 aromatic carbocycles. The summed E-state index contributed by atoms with van der Waals surface area (Å²) >= 11 is 0. The molecule has 1 atom stereocenters. The van der Waals surface area contributed by atoms with Crippen LogP contribution in [-0.4, -0.2) is 55.6 Å². The fraction of sp³-hybridized carbons (Fsp3) is 0.467. The molecular formula is C15H19N3O3. The van der Waals surface area contributed by atoms with Gasteiger partial charge >= 0.3 is 0 Å². The van der Waals surface area contributed by atoms with Crippen LogP contribution in [0.25, 0.3) is 0 Å². The summed E-state index contributed by atoms with van der Waals surface area (Å²) in [7, 11) is 3.47. The molecule has 2 amide bonds. The number of hydrogen-bond donors (Lipinski definition) is 1. The molecule has 0 spiro atoms. The second-order valence-electron chi connectivity index (χ2n) is 5.63. The minimum atomic E-state index is -1.07. The van der Waals surface area contributed by atoms with Crippen LogP contribution in [0.4, 0.5) is 11.4 Å². The van der Waals surface area contributed by atoms with Crippen LogP contribution in [0.5, 0.6) is 0 Å². The summed E-state index contributed by atoms with van der Waals surface area (Å²) in [5.74, 6) is -0.216. The molecule has 2 heterocycles. The number of carbonyl (C=O) groups excluding carboxylic acids is 2. The largest absolute Gasteiger partial charge is 0.378 e. The lowest BCUT2D eigenvalue weighted by Crippen LogP contribution is -2.34. The molecule has 2 aliphatic heterocycles. The van der Waals surface area contributed by atoms with E-state index in [0.29, 0.717) is 12.1 Å². The van der Waals surface area contributed by atoms with E-state index >= 15 is 0 Å². The van der Waals surface area contributed by atoms with Gasteiger partial charge in [-0.1, -0.05) is 6.07 Å². The number of nitrogens with zero attached hydrogens (tertiary/aromatic N) is 3.